The maximum atomic E-state index is 13.0. The van der Waals surface area contributed by atoms with Crippen LogP contribution in [0.4, 0.5) is 11.8 Å². The fraction of sp³-hybridized carbons (Fsp3) is 0.556. The van der Waals surface area contributed by atoms with Gasteiger partial charge < -0.3 is 14.7 Å². The lowest BCUT2D eigenvalue weighted by molar-refractivity contribution is -0.135. The Hall–Kier alpha value is -2.64. The fourth-order valence-electron chi connectivity index (χ4n) is 3.18. The molecule has 1 aliphatic heterocycles. The van der Waals surface area contributed by atoms with Gasteiger partial charge in [-0.3, -0.25) is 9.48 Å². The Labute approximate surface area is 154 Å². The first-order valence-corrected chi connectivity index (χ1v) is 8.82. The first kappa shape index (κ1) is 18.2. The molecule has 0 bridgehead atoms. The van der Waals surface area contributed by atoms with Crippen LogP contribution in [-0.2, 0) is 17.8 Å². The predicted molar refractivity (Wildman–Crippen MR) is 101 cm³/mol. The van der Waals surface area contributed by atoms with E-state index in [1.54, 1.807) is 10.9 Å². The Morgan fingerprint density at radius 2 is 1.92 bits per heavy atom. The number of carbonyl (C=O) groups excluding carboxylic acids is 1. The Morgan fingerprint density at radius 3 is 2.50 bits per heavy atom. The van der Waals surface area contributed by atoms with E-state index in [-0.39, 0.29) is 11.9 Å². The third-order valence-corrected chi connectivity index (χ3v) is 4.65. The molecule has 0 N–H and O–H groups in total. The first-order chi connectivity index (χ1) is 12.3. The highest BCUT2D eigenvalue weighted by Crippen LogP contribution is 2.28. The van der Waals surface area contributed by atoms with E-state index < -0.39 is 0 Å². The van der Waals surface area contributed by atoms with Gasteiger partial charge in [-0.15, -0.1) is 0 Å². The van der Waals surface area contributed by atoms with E-state index in [0.29, 0.717) is 19.0 Å². The number of aryl methyl sites for hydroxylation is 1. The largest absolute Gasteiger partial charge is 0.362 e. The lowest BCUT2D eigenvalue weighted by Gasteiger charge is -2.32. The smallest absolute Gasteiger partial charge is 0.247 e. The highest BCUT2D eigenvalue weighted by Gasteiger charge is 2.29. The van der Waals surface area contributed by atoms with E-state index in [0.717, 1.165) is 29.1 Å². The number of aromatic nitrogens is 4. The third kappa shape index (κ3) is 3.36. The number of carbonyl (C=O) groups is 1. The summed E-state index contributed by atoms with van der Waals surface area (Å²) in [5.41, 5.74) is 3.11. The zero-order chi connectivity index (χ0) is 19.0. The SMILES string of the molecule is Cc1cnn(C(C)C(=O)N2CCc3c(nc(N(C)C)nc3N(C)C)C2)c1. The molecule has 26 heavy (non-hydrogen) atoms. The lowest BCUT2D eigenvalue weighted by Crippen LogP contribution is -2.41. The molecule has 8 nitrogen and oxygen atoms in total. The fourth-order valence-corrected chi connectivity index (χ4v) is 3.18. The summed E-state index contributed by atoms with van der Waals surface area (Å²) in [6.07, 6.45) is 4.43. The molecule has 1 amide bonds. The summed E-state index contributed by atoms with van der Waals surface area (Å²) in [7, 11) is 7.83. The monoisotopic (exact) mass is 357 g/mol. The summed E-state index contributed by atoms with van der Waals surface area (Å²) in [4.78, 5) is 28.1. The molecular formula is C18H27N7O. The van der Waals surface area contributed by atoms with E-state index in [4.69, 9.17) is 4.98 Å². The molecule has 0 radical (unpaired) electrons. The van der Waals surface area contributed by atoms with E-state index in [1.165, 1.54) is 0 Å². The highest BCUT2D eigenvalue weighted by atomic mass is 16.2. The molecule has 1 unspecified atom stereocenters. The van der Waals surface area contributed by atoms with Crippen LogP contribution in [0.3, 0.4) is 0 Å². The molecule has 0 saturated carbocycles. The van der Waals surface area contributed by atoms with Crippen LogP contribution in [0, 0.1) is 6.92 Å². The summed E-state index contributed by atoms with van der Waals surface area (Å²) >= 11 is 0. The minimum atomic E-state index is -0.325. The maximum absolute atomic E-state index is 13.0. The van der Waals surface area contributed by atoms with Crippen LogP contribution >= 0.6 is 0 Å². The molecule has 3 heterocycles. The molecular weight excluding hydrogens is 330 g/mol. The summed E-state index contributed by atoms with van der Waals surface area (Å²) in [6, 6.07) is -0.325. The number of hydrogen-bond donors (Lipinski definition) is 0. The Balaban J connectivity index is 1.87. The van der Waals surface area contributed by atoms with Crippen molar-refractivity contribution in [2.24, 2.45) is 0 Å². The Bertz CT molecular complexity index is 812. The average Bonchev–Trinajstić information content (AvgIpc) is 3.05. The van der Waals surface area contributed by atoms with Crippen LogP contribution in [0.5, 0.6) is 0 Å². The second-order valence-corrected chi connectivity index (χ2v) is 7.24. The number of rotatable bonds is 4. The molecule has 2 aromatic heterocycles. The topological polar surface area (TPSA) is 70.4 Å². The summed E-state index contributed by atoms with van der Waals surface area (Å²) in [5, 5.41) is 4.28. The molecule has 8 heteroatoms. The van der Waals surface area contributed by atoms with Gasteiger partial charge in [0.05, 0.1) is 18.4 Å². The van der Waals surface area contributed by atoms with Crippen molar-refractivity contribution in [3.8, 4) is 0 Å². The van der Waals surface area contributed by atoms with E-state index in [2.05, 4.69) is 10.1 Å². The predicted octanol–water partition coefficient (Wildman–Crippen LogP) is 1.26. The van der Waals surface area contributed by atoms with Crippen molar-refractivity contribution < 1.29 is 4.79 Å². The molecule has 3 rings (SSSR count). The minimum Gasteiger partial charge on any atom is -0.362 e. The van der Waals surface area contributed by atoms with Crippen LogP contribution in [0.2, 0.25) is 0 Å². The molecule has 0 aromatic carbocycles. The second kappa shape index (κ2) is 6.93. The van der Waals surface area contributed by atoms with Crippen LogP contribution in [0.1, 0.15) is 29.8 Å². The zero-order valence-electron chi connectivity index (χ0n) is 16.4. The van der Waals surface area contributed by atoms with Crippen molar-refractivity contribution in [3.63, 3.8) is 0 Å². The lowest BCUT2D eigenvalue weighted by atomic mass is 10.0. The standard InChI is InChI=1S/C18H27N7O/c1-12-9-19-25(10-12)13(2)17(26)24-8-7-14-15(11-24)20-18(23(5)6)21-16(14)22(3)4/h9-10,13H,7-8,11H2,1-6H3. The molecule has 1 aliphatic rings. The minimum absolute atomic E-state index is 0.0650. The van der Waals surface area contributed by atoms with Crippen molar-refractivity contribution in [3.05, 3.63) is 29.2 Å². The van der Waals surface area contributed by atoms with Gasteiger partial charge in [0.2, 0.25) is 11.9 Å². The van der Waals surface area contributed by atoms with Gasteiger partial charge in [0.25, 0.3) is 0 Å². The van der Waals surface area contributed by atoms with Gasteiger partial charge in [0.15, 0.2) is 0 Å². The maximum Gasteiger partial charge on any atom is 0.247 e. The number of nitrogens with zero attached hydrogens (tertiary/aromatic N) is 7. The summed E-state index contributed by atoms with van der Waals surface area (Å²) < 4.78 is 1.73. The van der Waals surface area contributed by atoms with Gasteiger partial charge >= 0.3 is 0 Å². The van der Waals surface area contributed by atoms with Crippen molar-refractivity contribution in [2.45, 2.75) is 32.9 Å². The van der Waals surface area contributed by atoms with Crippen LogP contribution < -0.4 is 9.80 Å². The normalized spacial score (nSPS) is 14.8. The van der Waals surface area contributed by atoms with Crippen molar-refractivity contribution >= 4 is 17.7 Å². The van der Waals surface area contributed by atoms with Crippen molar-refractivity contribution in [1.82, 2.24) is 24.6 Å². The Kier molecular flexibility index (Phi) is 4.84. The van der Waals surface area contributed by atoms with E-state index >= 15 is 0 Å². The summed E-state index contributed by atoms with van der Waals surface area (Å²) in [6.45, 7) is 5.03. The van der Waals surface area contributed by atoms with Crippen molar-refractivity contribution in [2.75, 3.05) is 44.5 Å². The first-order valence-electron chi connectivity index (χ1n) is 8.82. The average molecular weight is 357 g/mol. The van der Waals surface area contributed by atoms with Crippen LogP contribution in [0.15, 0.2) is 12.4 Å². The molecule has 2 aromatic rings. The van der Waals surface area contributed by atoms with Gasteiger partial charge in [-0.25, -0.2) is 4.98 Å². The number of amides is 1. The third-order valence-electron chi connectivity index (χ3n) is 4.65. The van der Waals surface area contributed by atoms with Crippen LogP contribution in [-0.4, -0.2) is 65.3 Å². The zero-order valence-corrected chi connectivity index (χ0v) is 16.4. The quantitative estimate of drug-likeness (QED) is 0.820. The van der Waals surface area contributed by atoms with Gasteiger partial charge in [-0.1, -0.05) is 0 Å². The molecule has 140 valence electrons. The molecule has 0 aliphatic carbocycles. The molecule has 1 atom stereocenters. The number of anilines is 2. The molecule has 0 spiro atoms. The highest BCUT2D eigenvalue weighted by molar-refractivity contribution is 5.80. The Morgan fingerprint density at radius 1 is 1.19 bits per heavy atom. The second-order valence-electron chi connectivity index (χ2n) is 7.24. The van der Waals surface area contributed by atoms with Crippen molar-refractivity contribution in [1.29, 1.82) is 0 Å². The van der Waals surface area contributed by atoms with Crippen LogP contribution in [0.25, 0.3) is 0 Å². The number of fused-ring (bicyclic) bond motifs is 1. The summed E-state index contributed by atoms with van der Waals surface area (Å²) in [5.74, 6) is 1.66. The van der Waals surface area contributed by atoms with Gasteiger partial charge in [0.1, 0.15) is 11.9 Å². The number of hydrogen-bond acceptors (Lipinski definition) is 6. The molecule has 0 fully saturated rings. The van der Waals surface area contributed by atoms with Gasteiger partial charge in [0, 0.05) is 46.5 Å². The van der Waals surface area contributed by atoms with Gasteiger partial charge in [-0.2, -0.15) is 10.1 Å². The van der Waals surface area contributed by atoms with Gasteiger partial charge in [-0.05, 0) is 25.8 Å². The molecule has 0 saturated heterocycles. The van der Waals surface area contributed by atoms with E-state index in [1.807, 2.05) is 62.9 Å². The van der Waals surface area contributed by atoms with E-state index in [9.17, 15) is 4.79 Å².